The van der Waals surface area contributed by atoms with Crippen LogP contribution < -0.4 is 5.32 Å². The molecule has 0 unspecified atom stereocenters. The molecule has 4 saturated carbocycles. The van der Waals surface area contributed by atoms with Crippen molar-refractivity contribution in [2.45, 2.75) is 56.9 Å². The molecule has 1 aliphatic heterocycles. The lowest BCUT2D eigenvalue weighted by Crippen LogP contribution is -2.60. The summed E-state index contributed by atoms with van der Waals surface area (Å²) in [4.78, 5) is 27.3. The van der Waals surface area contributed by atoms with Crippen LogP contribution in [0.4, 0.5) is 0 Å². The van der Waals surface area contributed by atoms with E-state index in [1.807, 2.05) is 23.1 Å². The van der Waals surface area contributed by atoms with E-state index < -0.39 is 0 Å². The summed E-state index contributed by atoms with van der Waals surface area (Å²) in [5.74, 6) is 2.57. The van der Waals surface area contributed by atoms with E-state index in [0.29, 0.717) is 19.5 Å². The first-order valence-corrected chi connectivity index (χ1v) is 10.7. The highest BCUT2D eigenvalue weighted by molar-refractivity contribution is 5.89. The van der Waals surface area contributed by atoms with Crippen LogP contribution in [0.2, 0.25) is 0 Å². The van der Waals surface area contributed by atoms with Gasteiger partial charge in [-0.1, -0.05) is 30.3 Å². The number of nitrogens with one attached hydrogen (secondary N) is 1. The molecule has 6 rings (SSSR count). The molecule has 1 N–H and O–H groups in total. The van der Waals surface area contributed by atoms with Gasteiger partial charge in [-0.3, -0.25) is 9.59 Å². The van der Waals surface area contributed by atoms with Crippen molar-refractivity contribution >= 4 is 11.8 Å². The summed E-state index contributed by atoms with van der Waals surface area (Å²) in [5.41, 5.74) is 1.29. The molecule has 1 aromatic rings. The van der Waals surface area contributed by atoms with Gasteiger partial charge in [-0.05, 0) is 68.3 Å². The van der Waals surface area contributed by atoms with Crippen molar-refractivity contribution in [3.8, 4) is 0 Å². The second-order valence-corrected chi connectivity index (χ2v) is 9.66. The van der Waals surface area contributed by atoms with Gasteiger partial charge < -0.3 is 10.2 Å². The molecule has 1 atom stereocenters. The predicted octanol–water partition coefficient (Wildman–Crippen LogP) is 3.16. The summed E-state index contributed by atoms with van der Waals surface area (Å²) in [7, 11) is 0. The largest absolute Gasteiger partial charge is 0.350 e. The Morgan fingerprint density at radius 1 is 1.04 bits per heavy atom. The quantitative estimate of drug-likeness (QED) is 0.870. The molecule has 4 heteroatoms. The molecule has 4 aliphatic carbocycles. The molecule has 0 aromatic heterocycles. The fourth-order valence-corrected chi connectivity index (χ4v) is 6.70. The van der Waals surface area contributed by atoms with Crippen LogP contribution in [0.3, 0.4) is 0 Å². The van der Waals surface area contributed by atoms with Gasteiger partial charge in [0, 0.05) is 25.0 Å². The molecule has 1 aromatic carbocycles. The number of rotatable bonds is 5. The maximum atomic E-state index is 13.0. The molecule has 0 radical (unpaired) electrons. The Labute approximate surface area is 161 Å². The summed E-state index contributed by atoms with van der Waals surface area (Å²) >= 11 is 0. The fourth-order valence-electron chi connectivity index (χ4n) is 6.70. The molecule has 0 spiro atoms. The van der Waals surface area contributed by atoms with Gasteiger partial charge >= 0.3 is 0 Å². The molecule has 1 saturated heterocycles. The van der Waals surface area contributed by atoms with Gasteiger partial charge in [0.2, 0.25) is 11.8 Å². The Bertz CT molecular complexity index is 694. The molecular formula is C23H30N2O2. The first-order valence-electron chi connectivity index (χ1n) is 10.7. The minimum absolute atomic E-state index is 0.0480. The van der Waals surface area contributed by atoms with Crippen molar-refractivity contribution in [3.05, 3.63) is 35.9 Å². The van der Waals surface area contributed by atoms with Crippen LogP contribution >= 0.6 is 0 Å². The number of amides is 2. The zero-order valence-corrected chi connectivity index (χ0v) is 16.0. The number of carbonyl (C=O) groups is 2. The highest BCUT2D eigenvalue weighted by atomic mass is 16.2. The Morgan fingerprint density at radius 3 is 2.30 bits per heavy atom. The maximum absolute atomic E-state index is 13.0. The molecule has 5 aliphatic rings. The average molecular weight is 367 g/mol. The number of benzene rings is 1. The maximum Gasteiger partial charge on any atom is 0.225 e. The molecule has 5 fully saturated rings. The van der Waals surface area contributed by atoms with Crippen LogP contribution in [0.1, 0.15) is 50.5 Å². The minimum Gasteiger partial charge on any atom is -0.350 e. The van der Waals surface area contributed by atoms with Crippen molar-refractivity contribution in [2.75, 3.05) is 13.1 Å². The molecule has 144 valence electrons. The lowest BCUT2D eigenvalue weighted by molar-refractivity contribution is -0.131. The van der Waals surface area contributed by atoms with E-state index in [1.165, 1.54) is 44.1 Å². The smallest absolute Gasteiger partial charge is 0.225 e. The first-order chi connectivity index (χ1) is 13.1. The van der Waals surface area contributed by atoms with Crippen molar-refractivity contribution in [3.63, 3.8) is 0 Å². The molecule has 4 nitrogen and oxygen atoms in total. The zero-order valence-electron chi connectivity index (χ0n) is 16.0. The van der Waals surface area contributed by atoms with Gasteiger partial charge in [0.25, 0.3) is 0 Å². The van der Waals surface area contributed by atoms with Gasteiger partial charge in [0.05, 0.1) is 5.92 Å². The van der Waals surface area contributed by atoms with Crippen molar-refractivity contribution in [2.24, 2.45) is 23.7 Å². The Kier molecular flexibility index (Phi) is 4.25. The minimum atomic E-state index is -0.165. The summed E-state index contributed by atoms with van der Waals surface area (Å²) in [6, 6.07) is 10.3. The van der Waals surface area contributed by atoms with E-state index in [0.717, 1.165) is 24.2 Å². The molecule has 2 amide bonds. The lowest BCUT2D eigenvalue weighted by Gasteiger charge is -2.57. The van der Waals surface area contributed by atoms with E-state index in [1.54, 1.807) is 0 Å². The van der Waals surface area contributed by atoms with Crippen LogP contribution in [0, 0.1) is 23.7 Å². The van der Waals surface area contributed by atoms with Gasteiger partial charge in [-0.2, -0.15) is 0 Å². The van der Waals surface area contributed by atoms with E-state index in [4.69, 9.17) is 0 Å². The van der Waals surface area contributed by atoms with Crippen LogP contribution in [-0.4, -0.2) is 35.3 Å². The number of likely N-dealkylation sites (tertiary alicyclic amines) is 1. The number of hydrogen-bond acceptors (Lipinski definition) is 2. The third-order valence-corrected chi connectivity index (χ3v) is 7.53. The van der Waals surface area contributed by atoms with Crippen molar-refractivity contribution < 1.29 is 9.59 Å². The predicted molar refractivity (Wildman–Crippen MR) is 104 cm³/mol. The van der Waals surface area contributed by atoms with Crippen LogP contribution in [0.15, 0.2) is 30.3 Å². The van der Waals surface area contributed by atoms with Gasteiger partial charge in [-0.25, -0.2) is 0 Å². The monoisotopic (exact) mass is 366 g/mol. The average Bonchev–Trinajstić information content (AvgIpc) is 3.00. The standard InChI is InChI=1S/C23H30N2O2/c26-21-11-20(15-25(21)7-6-16-4-2-1-3-5-16)22(27)24-23-12-17-8-18(13-23)10-19(9-17)14-23/h1-5,17-20H,6-15H2,(H,24,27)/t17?,18?,19?,20-,23?/m1/s1. The normalized spacial score (nSPS) is 37.0. The van der Waals surface area contributed by atoms with Crippen molar-refractivity contribution in [1.82, 2.24) is 10.2 Å². The van der Waals surface area contributed by atoms with Gasteiger partial charge in [-0.15, -0.1) is 0 Å². The molecule has 27 heavy (non-hydrogen) atoms. The Hall–Kier alpha value is -1.84. The topological polar surface area (TPSA) is 49.4 Å². The summed E-state index contributed by atoms with van der Waals surface area (Å²) < 4.78 is 0. The number of nitrogens with zero attached hydrogens (tertiary/aromatic N) is 1. The van der Waals surface area contributed by atoms with Crippen LogP contribution in [-0.2, 0) is 16.0 Å². The first kappa shape index (κ1) is 17.3. The Morgan fingerprint density at radius 2 is 1.67 bits per heavy atom. The summed E-state index contributed by atoms with van der Waals surface area (Å²) in [5, 5.41) is 3.46. The molecule has 1 heterocycles. The SMILES string of the molecule is O=C(NC12CC3CC(CC(C3)C1)C2)[C@@H]1CC(=O)N(CCc2ccccc2)C1. The summed E-state index contributed by atoms with van der Waals surface area (Å²) in [6.45, 7) is 1.30. The van der Waals surface area contributed by atoms with E-state index in [9.17, 15) is 9.59 Å². The van der Waals surface area contributed by atoms with E-state index >= 15 is 0 Å². The van der Waals surface area contributed by atoms with Crippen molar-refractivity contribution in [1.29, 1.82) is 0 Å². The highest BCUT2D eigenvalue weighted by Crippen LogP contribution is 2.55. The zero-order chi connectivity index (χ0) is 18.4. The van der Waals surface area contributed by atoms with E-state index in [2.05, 4.69) is 17.4 Å². The van der Waals surface area contributed by atoms with E-state index in [-0.39, 0.29) is 23.3 Å². The highest BCUT2D eigenvalue weighted by Gasteiger charge is 2.52. The number of carbonyl (C=O) groups excluding carboxylic acids is 2. The second kappa shape index (κ2) is 6.65. The van der Waals surface area contributed by atoms with Gasteiger partial charge in [0.1, 0.15) is 0 Å². The molecular weight excluding hydrogens is 336 g/mol. The van der Waals surface area contributed by atoms with Gasteiger partial charge in [0.15, 0.2) is 0 Å². The summed E-state index contributed by atoms with van der Waals surface area (Å²) in [6.07, 6.45) is 8.89. The lowest BCUT2D eigenvalue weighted by atomic mass is 9.53. The number of hydrogen-bond donors (Lipinski definition) is 1. The Balaban J connectivity index is 1.18. The third-order valence-electron chi connectivity index (χ3n) is 7.53. The van der Waals surface area contributed by atoms with Crippen LogP contribution in [0.5, 0.6) is 0 Å². The molecule has 4 bridgehead atoms. The van der Waals surface area contributed by atoms with Crippen LogP contribution in [0.25, 0.3) is 0 Å². The fraction of sp³-hybridized carbons (Fsp3) is 0.652. The second-order valence-electron chi connectivity index (χ2n) is 9.66. The third kappa shape index (κ3) is 3.39.